The summed E-state index contributed by atoms with van der Waals surface area (Å²) < 4.78 is 6.26. The summed E-state index contributed by atoms with van der Waals surface area (Å²) in [5, 5.41) is 5.53. The topological polar surface area (TPSA) is 42.2 Å². The number of hydrogen-bond acceptors (Lipinski definition) is 2. The van der Waals surface area contributed by atoms with Crippen LogP contribution in [0.15, 0.2) is 59.0 Å². The minimum atomic E-state index is -0.105. The summed E-state index contributed by atoms with van der Waals surface area (Å²) in [6.07, 6.45) is 0.150. The Bertz CT molecular complexity index is 1250. The molecule has 0 spiro atoms. The van der Waals surface area contributed by atoms with Crippen molar-refractivity contribution < 1.29 is 9.21 Å². The molecule has 4 rings (SSSR count). The lowest BCUT2D eigenvalue weighted by Crippen LogP contribution is -2.16. The van der Waals surface area contributed by atoms with Crippen molar-refractivity contribution in [2.24, 2.45) is 0 Å². The Balaban J connectivity index is 1.72. The average molecular weight is 418 g/mol. The molecule has 1 N–H and O–H groups in total. The largest absolute Gasteiger partial charge is 0.459 e. The van der Waals surface area contributed by atoms with Crippen LogP contribution in [-0.4, -0.2) is 5.91 Å². The molecule has 0 aliphatic rings. The predicted molar refractivity (Wildman–Crippen MR) is 124 cm³/mol. The highest BCUT2D eigenvalue weighted by molar-refractivity contribution is 6.31. The van der Waals surface area contributed by atoms with Gasteiger partial charge in [0.05, 0.1) is 6.42 Å². The summed E-state index contributed by atoms with van der Waals surface area (Å²) >= 11 is 6.27. The second kappa shape index (κ2) is 8.00. The fourth-order valence-corrected chi connectivity index (χ4v) is 4.22. The summed E-state index contributed by atoms with van der Waals surface area (Å²) in [7, 11) is 0. The monoisotopic (exact) mass is 417 g/mol. The van der Waals surface area contributed by atoms with Crippen LogP contribution in [0.3, 0.4) is 0 Å². The molecule has 0 unspecified atom stereocenters. The van der Waals surface area contributed by atoms with E-state index >= 15 is 0 Å². The summed E-state index contributed by atoms with van der Waals surface area (Å²) in [4.78, 5) is 12.9. The standard InChI is InChI=1S/C26H24ClNO2/c1-15-11-17(3)25(18(4)12-15)28-24(29)14-23-21-10-9-19(27)13-22(21)26(30-23)20-8-6-5-7-16(20)2/h5-13H,14H2,1-4H3,(H,28,29). The first-order valence-electron chi connectivity index (χ1n) is 9.98. The zero-order valence-corrected chi connectivity index (χ0v) is 18.4. The molecule has 4 aromatic rings. The van der Waals surface area contributed by atoms with Crippen LogP contribution in [0.2, 0.25) is 5.02 Å². The van der Waals surface area contributed by atoms with Crippen molar-refractivity contribution in [1.82, 2.24) is 0 Å². The lowest BCUT2D eigenvalue weighted by Gasteiger charge is -2.12. The molecule has 0 fully saturated rings. The average Bonchev–Trinajstić information content (AvgIpc) is 3.02. The highest BCUT2D eigenvalue weighted by Gasteiger charge is 2.19. The van der Waals surface area contributed by atoms with Gasteiger partial charge in [-0.05, 0) is 62.6 Å². The number of anilines is 1. The van der Waals surface area contributed by atoms with Gasteiger partial charge in [0.2, 0.25) is 5.91 Å². The number of aryl methyl sites for hydroxylation is 4. The third-order valence-electron chi connectivity index (χ3n) is 5.40. The van der Waals surface area contributed by atoms with E-state index in [0.717, 1.165) is 44.5 Å². The van der Waals surface area contributed by atoms with E-state index in [1.54, 1.807) is 0 Å². The third-order valence-corrected chi connectivity index (χ3v) is 5.64. The summed E-state index contributed by atoms with van der Waals surface area (Å²) in [6.45, 7) is 8.12. The van der Waals surface area contributed by atoms with Gasteiger partial charge >= 0.3 is 0 Å². The van der Waals surface area contributed by atoms with Crippen LogP contribution in [0.4, 0.5) is 5.69 Å². The molecule has 0 bridgehead atoms. The molecule has 1 amide bonds. The molecular formula is C26H24ClNO2. The van der Waals surface area contributed by atoms with E-state index in [9.17, 15) is 4.79 Å². The molecule has 0 saturated heterocycles. The third kappa shape index (κ3) is 3.86. The SMILES string of the molecule is Cc1cc(C)c(NC(=O)Cc2oc(-c3ccccc3C)c3cc(Cl)ccc23)c(C)c1. The molecule has 4 heteroatoms. The van der Waals surface area contributed by atoms with Gasteiger partial charge in [-0.3, -0.25) is 4.79 Å². The van der Waals surface area contributed by atoms with Gasteiger partial charge in [-0.1, -0.05) is 53.6 Å². The minimum Gasteiger partial charge on any atom is -0.459 e. The Kier molecular flexibility index (Phi) is 5.40. The molecule has 0 saturated carbocycles. The van der Waals surface area contributed by atoms with Crippen molar-refractivity contribution >= 4 is 34.0 Å². The highest BCUT2D eigenvalue weighted by atomic mass is 35.5. The maximum atomic E-state index is 12.9. The molecule has 0 atom stereocenters. The molecule has 3 nitrogen and oxygen atoms in total. The molecule has 152 valence electrons. The van der Waals surface area contributed by atoms with Crippen LogP contribution in [0.25, 0.3) is 22.1 Å². The summed E-state index contributed by atoms with van der Waals surface area (Å²) in [6, 6.07) is 17.9. The lowest BCUT2D eigenvalue weighted by atomic mass is 10.0. The van der Waals surface area contributed by atoms with E-state index in [-0.39, 0.29) is 12.3 Å². The predicted octanol–water partition coefficient (Wildman–Crippen LogP) is 7.17. The van der Waals surface area contributed by atoms with Crippen LogP contribution in [-0.2, 0) is 11.2 Å². The first-order valence-corrected chi connectivity index (χ1v) is 10.4. The van der Waals surface area contributed by atoms with Crippen molar-refractivity contribution in [3.8, 4) is 11.3 Å². The first-order chi connectivity index (χ1) is 14.3. The molecule has 3 aromatic carbocycles. The molecular weight excluding hydrogens is 394 g/mol. The Morgan fingerprint density at radius 3 is 2.30 bits per heavy atom. The number of furan rings is 1. The number of halogens is 1. The van der Waals surface area contributed by atoms with Crippen molar-refractivity contribution in [3.63, 3.8) is 0 Å². The van der Waals surface area contributed by atoms with Crippen LogP contribution in [0, 0.1) is 27.7 Å². The van der Waals surface area contributed by atoms with E-state index < -0.39 is 0 Å². The number of carbonyl (C=O) groups excluding carboxylic acids is 1. The maximum Gasteiger partial charge on any atom is 0.232 e. The van der Waals surface area contributed by atoms with E-state index in [1.165, 1.54) is 5.56 Å². The van der Waals surface area contributed by atoms with E-state index in [0.29, 0.717) is 10.8 Å². The lowest BCUT2D eigenvalue weighted by molar-refractivity contribution is -0.115. The number of hydrogen-bond donors (Lipinski definition) is 1. The summed E-state index contributed by atoms with van der Waals surface area (Å²) in [5.41, 5.74) is 6.26. The van der Waals surface area contributed by atoms with Gasteiger partial charge in [0.15, 0.2) is 0 Å². The zero-order valence-electron chi connectivity index (χ0n) is 17.6. The number of fused-ring (bicyclic) bond motifs is 1. The quantitative estimate of drug-likeness (QED) is 0.382. The Labute approximate surface area is 181 Å². The maximum absolute atomic E-state index is 12.9. The smallest absolute Gasteiger partial charge is 0.232 e. The second-order valence-corrected chi connectivity index (χ2v) is 8.29. The molecule has 1 heterocycles. The van der Waals surface area contributed by atoms with Crippen molar-refractivity contribution in [2.75, 3.05) is 5.32 Å². The van der Waals surface area contributed by atoms with E-state index in [1.807, 2.05) is 63.2 Å². The van der Waals surface area contributed by atoms with Crippen LogP contribution >= 0.6 is 11.6 Å². The molecule has 0 aliphatic carbocycles. The number of nitrogens with one attached hydrogen (secondary N) is 1. The van der Waals surface area contributed by atoms with Gasteiger partial charge in [-0.15, -0.1) is 0 Å². The second-order valence-electron chi connectivity index (χ2n) is 7.86. The van der Waals surface area contributed by atoms with Gasteiger partial charge in [-0.25, -0.2) is 0 Å². The van der Waals surface area contributed by atoms with E-state index in [2.05, 4.69) is 24.4 Å². The number of amides is 1. The summed E-state index contributed by atoms with van der Waals surface area (Å²) in [5.74, 6) is 1.28. The Morgan fingerprint density at radius 2 is 1.60 bits per heavy atom. The number of benzene rings is 3. The van der Waals surface area contributed by atoms with Gasteiger partial charge in [-0.2, -0.15) is 0 Å². The van der Waals surface area contributed by atoms with Crippen molar-refractivity contribution in [3.05, 3.63) is 87.6 Å². The Morgan fingerprint density at radius 1 is 0.900 bits per heavy atom. The minimum absolute atomic E-state index is 0.105. The highest BCUT2D eigenvalue weighted by Crippen LogP contribution is 2.37. The normalized spacial score (nSPS) is 11.1. The van der Waals surface area contributed by atoms with E-state index in [4.69, 9.17) is 16.0 Å². The van der Waals surface area contributed by atoms with Gasteiger partial charge in [0, 0.05) is 27.0 Å². The van der Waals surface area contributed by atoms with Crippen molar-refractivity contribution in [2.45, 2.75) is 34.1 Å². The van der Waals surface area contributed by atoms with Crippen molar-refractivity contribution in [1.29, 1.82) is 0 Å². The first kappa shape index (κ1) is 20.2. The number of rotatable bonds is 4. The van der Waals surface area contributed by atoms with Crippen LogP contribution < -0.4 is 5.32 Å². The Hall–Kier alpha value is -3.04. The molecule has 30 heavy (non-hydrogen) atoms. The van der Waals surface area contributed by atoms with Gasteiger partial charge < -0.3 is 9.73 Å². The number of carbonyl (C=O) groups is 1. The van der Waals surface area contributed by atoms with Gasteiger partial charge in [0.1, 0.15) is 11.5 Å². The van der Waals surface area contributed by atoms with Gasteiger partial charge in [0.25, 0.3) is 0 Å². The fraction of sp³-hybridized carbons (Fsp3) is 0.192. The molecule has 0 radical (unpaired) electrons. The zero-order chi connectivity index (χ0) is 21.4. The molecule has 1 aromatic heterocycles. The molecule has 0 aliphatic heterocycles. The van der Waals surface area contributed by atoms with Crippen LogP contribution in [0.1, 0.15) is 28.0 Å². The van der Waals surface area contributed by atoms with Crippen LogP contribution in [0.5, 0.6) is 0 Å². The fourth-order valence-electron chi connectivity index (χ4n) is 4.05.